The standard InChI is InChI=1S/C27H22FN7O2S/c1-15-10-11-34-23(15)27(37)35(18-6-4-3-5-7-18)26(33-34)16(2)32-25-22-21(13-29-24(22)30-14-31-25)38-20-12-17(28)8-9-19(20)36/h3-14,16,36H,1-2H3,(H2,29,30,31,32)/t16-/m0/s1. The number of aromatic nitrogens is 6. The largest absolute Gasteiger partial charge is 0.507 e. The molecule has 1 atom stereocenters. The molecule has 6 rings (SSSR count). The highest BCUT2D eigenvalue weighted by molar-refractivity contribution is 7.99. The molecule has 0 bridgehead atoms. The van der Waals surface area contributed by atoms with Crippen LogP contribution in [-0.4, -0.2) is 34.2 Å². The summed E-state index contributed by atoms with van der Waals surface area (Å²) in [5.41, 5.74) is 2.44. The molecular weight excluding hydrogens is 505 g/mol. The smallest absolute Gasteiger partial charge is 0.282 e. The summed E-state index contributed by atoms with van der Waals surface area (Å²) in [6.45, 7) is 3.78. The number of benzene rings is 2. The van der Waals surface area contributed by atoms with Gasteiger partial charge in [-0.25, -0.2) is 18.9 Å². The van der Waals surface area contributed by atoms with Gasteiger partial charge in [0.15, 0.2) is 5.82 Å². The van der Waals surface area contributed by atoms with E-state index >= 15 is 0 Å². The third-order valence-electron chi connectivity index (χ3n) is 6.24. The quantitative estimate of drug-likeness (QED) is 0.272. The summed E-state index contributed by atoms with van der Waals surface area (Å²) >= 11 is 1.19. The van der Waals surface area contributed by atoms with E-state index < -0.39 is 11.9 Å². The fourth-order valence-corrected chi connectivity index (χ4v) is 5.41. The molecule has 4 heterocycles. The van der Waals surface area contributed by atoms with Crippen molar-refractivity contribution in [1.29, 1.82) is 0 Å². The van der Waals surface area contributed by atoms with E-state index in [1.807, 2.05) is 50.2 Å². The lowest BCUT2D eigenvalue weighted by molar-refractivity contribution is 0.459. The van der Waals surface area contributed by atoms with Crippen LogP contribution >= 0.6 is 11.8 Å². The van der Waals surface area contributed by atoms with Crippen LogP contribution in [0.1, 0.15) is 24.4 Å². The van der Waals surface area contributed by atoms with E-state index in [0.717, 1.165) is 5.56 Å². The number of aromatic amines is 1. The van der Waals surface area contributed by atoms with Gasteiger partial charge in [-0.3, -0.25) is 9.36 Å². The first-order chi connectivity index (χ1) is 18.4. The maximum atomic E-state index is 13.8. The minimum absolute atomic E-state index is 0.0307. The lowest BCUT2D eigenvalue weighted by atomic mass is 10.2. The Balaban J connectivity index is 1.45. The van der Waals surface area contributed by atoms with E-state index in [1.165, 1.54) is 36.3 Å². The van der Waals surface area contributed by atoms with E-state index in [-0.39, 0.29) is 11.3 Å². The number of nitrogens with one attached hydrogen (secondary N) is 2. The molecule has 0 amide bonds. The molecule has 0 radical (unpaired) electrons. The molecule has 0 aliphatic heterocycles. The highest BCUT2D eigenvalue weighted by Gasteiger charge is 2.22. The van der Waals surface area contributed by atoms with Crippen molar-refractivity contribution in [2.75, 3.05) is 5.32 Å². The molecule has 11 heteroatoms. The second-order valence-electron chi connectivity index (χ2n) is 8.81. The molecule has 0 saturated heterocycles. The van der Waals surface area contributed by atoms with Crippen LogP contribution in [0.2, 0.25) is 0 Å². The Morgan fingerprint density at radius 3 is 2.74 bits per heavy atom. The van der Waals surface area contributed by atoms with Crippen molar-refractivity contribution in [2.24, 2.45) is 0 Å². The molecule has 4 aromatic heterocycles. The highest BCUT2D eigenvalue weighted by Crippen LogP contribution is 2.40. The molecular formula is C27H22FN7O2S. The second-order valence-corrected chi connectivity index (χ2v) is 9.89. The predicted octanol–water partition coefficient (Wildman–Crippen LogP) is 5.23. The fraction of sp³-hybridized carbons (Fsp3) is 0.111. The van der Waals surface area contributed by atoms with Gasteiger partial charge in [-0.1, -0.05) is 30.0 Å². The number of H-pyrrole nitrogens is 1. The van der Waals surface area contributed by atoms with Gasteiger partial charge < -0.3 is 15.4 Å². The minimum atomic E-state index is -0.455. The third-order valence-corrected chi connectivity index (χ3v) is 7.33. The van der Waals surface area contributed by atoms with Gasteiger partial charge in [0, 0.05) is 17.3 Å². The number of anilines is 1. The zero-order valence-corrected chi connectivity index (χ0v) is 21.2. The number of fused-ring (bicyclic) bond motifs is 2. The number of phenolic OH excluding ortho intramolecular Hbond substituents is 1. The van der Waals surface area contributed by atoms with Crippen LogP contribution in [0.25, 0.3) is 22.2 Å². The molecule has 0 aliphatic carbocycles. The number of halogens is 1. The molecule has 6 aromatic rings. The molecule has 0 spiro atoms. The van der Waals surface area contributed by atoms with Crippen LogP contribution < -0.4 is 10.9 Å². The zero-order valence-electron chi connectivity index (χ0n) is 20.4. The van der Waals surface area contributed by atoms with Crippen LogP contribution in [-0.2, 0) is 0 Å². The van der Waals surface area contributed by atoms with E-state index in [9.17, 15) is 14.3 Å². The fourth-order valence-electron chi connectivity index (χ4n) is 4.42. The number of para-hydroxylation sites is 1. The van der Waals surface area contributed by atoms with Crippen LogP contribution in [0.5, 0.6) is 5.75 Å². The first-order valence-corrected chi connectivity index (χ1v) is 12.6. The number of hydrogen-bond donors (Lipinski definition) is 3. The topological polar surface area (TPSA) is 113 Å². The first kappa shape index (κ1) is 23.7. The molecule has 0 unspecified atom stereocenters. The molecule has 9 nitrogen and oxygen atoms in total. The molecule has 2 aromatic carbocycles. The highest BCUT2D eigenvalue weighted by atomic mass is 32.2. The second kappa shape index (κ2) is 9.34. The average Bonchev–Trinajstić information content (AvgIpc) is 3.50. The van der Waals surface area contributed by atoms with Gasteiger partial charge in [-0.15, -0.1) is 0 Å². The summed E-state index contributed by atoms with van der Waals surface area (Å²) in [7, 11) is 0. The normalized spacial score (nSPS) is 12.3. The van der Waals surface area contributed by atoms with Crippen molar-refractivity contribution in [1.82, 2.24) is 29.1 Å². The molecule has 0 aliphatic rings. The summed E-state index contributed by atoms with van der Waals surface area (Å²) in [6, 6.07) is 14.6. The summed E-state index contributed by atoms with van der Waals surface area (Å²) in [6.07, 6.45) is 4.93. The Bertz CT molecular complexity index is 1860. The van der Waals surface area contributed by atoms with Crippen molar-refractivity contribution in [3.05, 3.63) is 101 Å². The predicted molar refractivity (Wildman–Crippen MR) is 144 cm³/mol. The lowest BCUT2D eigenvalue weighted by Gasteiger charge is -2.20. The van der Waals surface area contributed by atoms with Gasteiger partial charge in [0.2, 0.25) is 0 Å². The Labute approximate surface area is 220 Å². The van der Waals surface area contributed by atoms with Gasteiger partial charge in [0.1, 0.15) is 34.9 Å². The molecule has 190 valence electrons. The number of phenols is 1. The molecule has 0 fully saturated rings. The summed E-state index contributed by atoms with van der Waals surface area (Å²) in [4.78, 5) is 26.6. The van der Waals surface area contributed by atoms with Crippen molar-refractivity contribution >= 4 is 34.1 Å². The zero-order chi connectivity index (χ0) is 26.4. The van der Waals surface area contributed by atoms with Gasteiger partial charge in [-0.05, 0) is 55.8 Å². The summed E-state index contributed by atoms with van der Waals surface area (Å²) in [5.74, 6) is 0.509. The van der Waals surface area contributed by atoms with Gasteiger partial charge in [-0.2, -0.15) is 5.10 Å². The third kappa shape index (κ3) is 4.06. The Morgan fingerprint density at radius 2 is 1.92 bits per heavy atom. The van der Waals surface area contributed by atoms with Crippen molar-refractivity contribution in [3.63, 3.8) is 0 Å². The lowest BCUT2D eigenvalue weighted by Crippen LogP contribution is -2.29. The minimum Gasteiger partial charge on any atom is -0.507 e. The van der Waals surface area contributed by atoms with E-state index in [2.05, 4.69) is 20.3 Å². The van der Waals surface area contributed by atoms with Gasteiger partial charge in [0.25, 0.3) is 5.56 Å². The van der Waals surface area contributed by atoms with Crippen LogP contribution in [0.3, 0.4) is 0 Å². The number of rotatable bonds is 6. The van der Waals surface area contributed by atoms with Crippen LogP contribution in [0, 0.1) is 12.7 Å². The van der Waals surface area contributed by atoms with Crippen LogP contribution in [0.15, 0.2) is 87.9 Å². The number of aryl methyl sites for hydroxylation is 1. The van der Waals surface area contributed by atoms with Crippen molar-refractivity contribution in [2.45, 2.75) is 29.7 Å². The van der Waals surface area contributed by atoms with E-state index in [0.29, 0.717) is 43.7 Å². The molecule has 38 heavy (non-hydrogen) atoms. The monoisotopic (exact) mass is 527 g/mol. The number of aromatic hydroxyl groups is 1. The Kier molecular flexibility index (Phi) is 5.84. The summed E-state index contributed by atoms with van der Waals surface area (Å²) in [5, 5.41) is 19.1. The average molecular weight is 528 g/mol. The van der Waals surface area contributed by atoms with Gasteiger partial charge in [0.05, 0.1) is 22.0 Å². The van der Waals surface area contributed by atoms with Crippen LogP contribution in [0.4, 0.5) is 10.2 Å². The first-order valence-electron chi connectivity index (χ1n) is 11.8. The van der Waals surface area contributed by atoms with Gasteiger partial charge >= 0.3 is 0 Å². The number of hydrogen-bond acceptors (Lipinski definition) is 7. The maximum absolute atomic E-state index is 13.8. The Hall–Kier alpha value is -4.64. The molecule has 0 saturated carbocycles. The van der Waals surface area contributed by atoms with E-state index in [4.69, 9.17) is 5.10 Å². The van der Waals surface area contributed by atoms with Crippen molar-refractivity contribution < 1.29 is 9.50 Å². The molecule has 3 N–H and O–H groups in total. The maximum Gasteiger partial charge on any atom is 0.282 e. The Morgan fingerprint density at radius 1 is 1.11 bits per heavy atom. The number of nitrogens with zero attached hydrogens (tertiary/aromatic N) is 5. The van der Waals surface area contributed by atoms with Crippen molar-refractivity contribution in [3.8, 4) is 11.4 Å². The summed E-state index contributed by atoms with van der Waals surface area (Å²) < 4.78 is 17.1. The SMILES string of the molecule is Cc1ccn2nc([C@H](C)Nc3ncnc4[nH]cc(Sc5cc(F)ccc5O)c34)n(-c3ccccc3)c(=O)c12. The van der Waals surface area contributed by atoms with E-state index in [1.54, 1.807) is 21.5 Å².